The van der Waals surface area contributed by atoms with Crippen molar-refractivity contribution >= 4 is 0 Å². The normalized spacial score (nSPS) is 22.8. The van der Waals surface area contributed by atoms with Crippen LogP contribution in [-0.4, -0.2) is 22.8 Å². The Bertz CT molecular complexity index is 384. The fourth-order valence-corrected chi connectivity index (χ4v) is 2.82. The van der Waals surface area contributed by atoms with Gasteiger partial charge in [0.15, 0.2) is 0 Å². The maximum absolute atomic E-state index is 10.9. The third-order valence-corrected chi connectivity index (χ3v) is 3.75. The fourth-order valence-electron chi connectivity index (χ4n) is 2.82. The van der Waals surface area contributed by atoms with Gasteiger partial charge in [0, 0.05) is 12.1 Å². The van der Waals surface area contributed by atoms with Crippen molar-refractivity contribution in [1.29, 1.82) is 0 Å². The third-order valence-electron chi connectivity index (χ3n) is 3.75. The topological polar surface area (TPSA) is 32.3 Å². The van der Waals surface area contributed by atoms with Crippen LogP contribution >= 0.6 is 0 Å². The van der Waals surface area contributed by atoms with Crippen molar-refractivity contribution in [2.75, 3.05) is 0 Å². The van der Waals surface area contributed by atoms with Crippen molar-refractivity contribution in [2.45, 2.75) is 49.8 Å². The SMILES string of the molecule is C=CC[C@@H]1CC(C(O)(CC=C)CC=C)=C[C@@H](CC=C)N1. The summed E-state index contributed by atoms with van der Waals surface area (Å²) in [6.07, 6.45) is 13.2. The Balaban J connectivity index is 3.01. The number of nitrogens with one attached hydrogen (secondary N) is 1. The number of hydrogen-bond donors (Lipinski definition) is 2. The molecule has 2 N–H and O–H groups in total. The molecule has 0 aromatic rings. The Kier molecular flexibility index (Phi) is 6.69. The van der Waals surface area contributed by atoms with Gasteiger partial charge in [0.25, 0.3) is 0 Å². The summed E-state index contributed by atoms with van der Waals surface area (Å²) in [5.74, 6) is 0. The van der Waals surface area contributed by atoms with Crippen molar-refractivity contribution in [3.8, 4) is 0 Å². The van der Waals surface area contributed by atoms with Gasteiger partial charge < -0.3 is 10.4 Å². The van der Waals surface area contributed by atoms with Crippen LogP contribution in [0.5, 0.6) is 0 Å². The minimum absolute atomic E-state index is 0.224. The minimum Gasteiger partial charge on any atom is -0.385 e. The zero-order chi connectivity index (χ0) is 15.0. The minimum atomic E-state index is -0.857. The van der Waals surface area contributed by atoms with E-state index in [0.717, 1.165) is 24.8 Å². The van der Waals surface area contributed by atoms with E-state index in [1.807, 2.05) is 12.2 Å². The molecule has 0 aromatic heterocycles. The van der Waals surface area contributed by atoms with Crippen LogP contribution in [0.25, 0.3) is 0 Å². The molecule has 0 aromatic carbocycles. The predicted octanol–water partition coefficient (Wildman–Crippen LogP) is 3.68. The summed E-state index contributed by atoms with van der Waals surface area (Å²) in [5, 5.41) is 14.5. The molecule has 0 saturated carbocycles. The Morgan fingerprint density at radius 2 is 1.70 bits per heavy atom. The van der Waals surface area contributed by atoms with Crippen LogP contribution < -0.4 is 5.32 Å². The lowest BCUT2D eigenvalue weighted by molar-refractivity contribution is 0.0764. The molecule has 1 rings (SSSR count). The van der Waals surface area contributed by atoms with E-state index < -0.39 is 5.60 Å². The van der Waals surface area contributed by atoms with Crippen LogP contribution in [0.3, 0.4) is 0 Å². The van der Waals surface area contributed by atoms with E-state index >= 15 is 0 Å². The summed E-state index contributed by atoms with van der Waals surface area (Å²) in [4.78, 5) is 0. The van der Waals surface area contributed by atoms with Crippen molar-refractivity contribution in [3.05, 3.63) is 62.3 Å². The molecule has 1 heterocycles. The van der Waals surface area contributed by atoms with Gasteiger partial charge in [-0.3, -0.25) is 0 Å². The van der Waals surface area contributed by atoms with Gasteiger partial charge in [0.2, 0.25) is 0 Å². The maximum Gasteiger partial charge on any atom is 0.0926 e. The second-order valence-electron chi connectivity index (χ2n) is 5.43. The molecular weight excluding hydrogens is 246 g/mol. The Labute approximate surface area is 123 Å². The zero-order valence-electron chi connectivity index (χ0n) is 12.4. The molecule has 1 aliphatic heterocycles. The van der Waals surface area contributed by atoms with Crippen molar-refractivity contribution in [3.63, 3.8) is 0 Å². The molecule has 0 spiro atoms. The lowest BCUT2D eigenvalue weighted by atomic mass is 9.79. The second kappa shape index (κ2) is 8.03. The molecule has 0 radical (unpaired) electrons. The summed E-state index contributed by atoms with van der Waals surface area (Å²) >= 11 is 0. The monoisotopic (exact) mass is 273 g/mol. The van der Waals surface area contributed by atoms with Crippen molar-refractivity contribution in [1.82, 2.24) is 5.32 Å². The lowest BCUT2D eigenvalue weighted by Gasteiger charge is -2.37. The van der Waals surface area contributed by atoms with Crippen LogP contribution in [-0.2, 0) is 0 Å². The molecule has 0 unspecified atom stereocenters. The molecule has 110 valence electrons. The van der Waals surface area contributed by atoms with Gasteiger partial charge in [-0.1, -0.05) is 30.4 Å². The van der Waals surface area contributed by atoms with E-state index in [0.29, 0.717) is 18.9 Å². The number of aliphatic hydroxyl groups is 1. The van der Waals surface area contributed by atoms with Gasteiger partial charge in [0.1, 0.15) is 0 Å². The second-order valence-corrected chi connectivity index (χ2v) is 5.43. The Morgan fingerprint density at radius 3 is 2.20 bits per heavy atom. The molecule has 0 amide bonds. The van der Waals surface area contributed by atoms with E-state index in [1.54, 1.807) is 12.2 Å². The quantitative estimate of drug-likeness (QED) is 0.628. The highest BCUT2D eigenvalue weighted by atomic mass is 16.3. The average molecular weight is 273 g/mol. The van der Waals surface area contributed by atoms with Crippen molar-refractivity contribution in [2.24, 2.45) is 0 Å². The van der Waals surface area contributed by atoms with E-state index in [4.69, 9.17) is 0 Å². The van der Waals surface area contributed by atoms with Gasteiger partial charge in [-0.25, -0.2) is 0 Å². The van der Waals surface area contributed by atoms with Crippen LogP contribution in [0.1, 0.15) is 32.1 Å². The number of rotatable bonds is 9. The smallest absolute Gasteiger partial charge is 0.0926 e. The highest BCUT2D eigenvalue weighted by Crippen LogP contribution is 2.33. The molecule has 2 nitrogen and oxygen atoms in total. The molecule has 0 aliphatic carbocycles. The third kappa shape index (κ3) is 4.32. The van der Waals surface area contributed by atoms with Crippen LogP contribution in [0.2, 0.25) is 0 Å². The first-order valence-electron chi connectivity index (χ1n) is 7.22. The molecular formula is C18H27NO. The molecule has 1 aliphatic rings. The van der Waals surface area contributed by atoms with Gasteiger partial charge in [-0.05, 0) is 37.7 Å². The molecule has 2 heteroatoms. The van der Waals surface area contributed by atoms with Gasteiger partial charge >= 0.3 is 0 Å². The number of hydrogen-bond acceptors (Lipinski definition) is 2. The summed E-state index contributed by atoms with van der Waals surface area (Å²) in [7, 11) is 0. The van der Waals surface area contributed by atoms with Gasteiger partial charge in [-0.15, -0.1) is 26.3 Å². The predicted molar refractivity (Wildman–Crippen MR) is 87.6 cm³/mol. The standard InChI is InChI=1S/C18H27NO/c1-5-9-16-13-15(14-17(19-16)10-6-2)18(20,11-7-3)12-8-4/h5-8,13,16-17,19-20H,1-4,9-12,14H2/t16-,17-/m1/s1. The van der Waals surface area contributed by atoms with E-state index in [1.165, 1.54) is 0 Å². The van der Waals surface area contributed by atoms with Crippen LogP contribution in [0.4, 0.5) is 0 Å². The lowest BCUT2D eigenvalue weighted by Crippen LogP contribution is -2.45. The molecule has 0 fully saturated rings. The first kappa shape index (κ1) is 16.7. The van der Waals surface area contributed by atoms with E-state index in [-0.39, 0.29) is 6.04 Å². The Morgan fingerprint density at radius 1 is 1.10 bits per heavy atom. The van der Waals surface area contributed by atoms with Crippen LogP contribution in [0.15, 0.2) is 62.3 Å². The van der Waals surface area contributed by atoms with Crippen LogP contribution in [0, 0.1) is 0 Å². The fraction of sp³-hybridized carbons (Fsp3) is 0.444. The molecule has 20 heavy (non-hydrogen) atoms. The van der Waals surface area contributed by atoms with Gasteiger partial charge in [-0.2, -0.15) is 0 Å². The average Bonchev–Trinajstić information content (AvgIpc) is 2.40. The van der Waals surface area contributed by atoms with Crippen molar-refractivity contribution < 1.29 is 5.11 Å². The molecule has 2 atom stereocenters. The van der Waals surface area contributed by atoms with E-state index in [2.05, 4.69) is 37.7 Å². The summed E-state index contributed by atoms with van der Waals surface area (Å²) in [5.41, 5.74) is 0.222. The molecule has 0 bridgehead atoms. The highest BCUT2D eigenvalue weighted by molar-refractivity contribution is 5.26. The first-order valence-corrected chi connectivity index (χ1v) is 7.22. The van der Waals surface area contributed by atoms with Gasteiger partial charge in [0.05, 0.1) is 5.60 Å². The highest BCUT2D eigenvalue weighted by Gasteiger charge is 2.33. The summed E-state index contributed by atoms with van der Waals surface area (Å²) < 4.78 is 0. The summed E-state index contributed by atoms with van der Waals surface area (Å²) in [6.45, 7) is 15.1. The zero-order valence-corrected chi connectivity index (χ0v) is 12.4. The van der Waals surface area contributed by atoms with E-state index in [9.17, 15) is 5.11 Å². The summed E-state index contributed by atoms with van der Waals surface area (Å²) in [6, 6.07) is 0.543. The largest absolute Gasteiger partial charge is 0.385 e. The molecule has 0 saturated heterocycles. The Hall–Kier alpha value is -1.38. The first-order chi connectivity index (χ1) is 9.59. The maximum atomic E-state index is 10.9.